The zero-order valence-electron chi connectivity index (χ0n) is 11.6. The highest BCUT2D eigenvalue weighted by Gasteiger charge is 2.16. The zero-order valence-corrected chi connectivity index (χ0v) is 11.6. The Balaban J connectivity index is 2.44. The third-order valence-electron chi connectivity index (χ3n) is 2.68. The molecule has 1 heterocycles. The second-order valence-electron chi connectivity index (χ2n) is 4.42. The fraction of sp³-hybridized carbons (Fsp3) is 0.143. The van der Waals surface area contributed by atoms with E-state index < -0.39 is 0 Å². The molecule has 1 aromatic heterocycles. The van der Waals surface area contributed by atoms with Crippen LogP contribution < -0.4 is 10.8 Å². The van der Waals surface area contributed by atoms with Crippen molar-refractivity contribution >= 4 is 17.4 Å². The van der Waals surface area contributed by atoms with Gasteiger partial charge in [0.05, 0.1) is 5.70 Å². The van der Waals surface area contributed by atoms with Crippen molar-refractivity contribution < 1.29 is 14.8 Å². The maximum absolute atomic E-state index is 11.6. The quantitative estimate of drug-likeness (QED) is 0.471. The average molecular weight is 286 g/mol. The van der Waals surface area contributed by atoms with Crippen LogP contribution in [0.15, 0.2) is 58.0 Å². The largest absolute Gasteiger partial charge is 0.427 e. The number of carbonyl (C=O) groups excluding carboxylic acids is 2. The second kappa shape index (κ2) is 6.00. The van der Waals surface area contributed by atoms with Crippen LogP contribution in [-0.4, -0.2) is 27.3 Å². The van der Waals surface area contributed by atoms with Crippen molar-refractivity contribution in [2.75, 3.05) is 0 Å². The first-order valence-corrected chi connectivity index (χ1v) is 6.18. The van der Waals surface area contributed by atoms with Crippen molar-refractivity contribution in [3.05, 3.63) is 53.3 Å². The SMILES string of the molecule is CC(=O)NC1=CC(=O)C(C)=CC1=N/N=c1\ccccn1O. The smallest absolute Gasteiger partial charge is 0.221 e. The van der Waals surface area contributed by atoms with Crippen molar-refractivity contribution in [2.45, 2.75) is 13.8 Å². The van der Waals surface area contributed by atoms with Gasteiger partial charge in [0, 0.05) is 19.2 Å². The van der Waals surface area contributed by atoms with E-state index in [1.54, 1.807) is 25.1 Å². The van der Waals surface area contributed by atoms with E-state index in [0.717, 1.165) is 4.73 Å². The van der Waals surface area contributed by atoms with Gasteiger partial charge in [-0.3, -0.25) is 9.59 Å². The Morgan fingerprint density at radius 1 is 1.29 bits per heavy atom. The lowest BCUT2D eigenvalue weighted by Gasteiger charge is -2.12. The Bertz CT molecular complexity index is 753. The highest BCUT2D eigenvalue weighted by atomic mass is 16.5. The van der Waals surface area contributed by atoms with Crippen LogP contribution in [0.3, 0.4) is 0 Å². The molecule has 0 saturated carbocycles. The van der Waals surface area contributed by atoms with Gasteiger partial charge in [0.1, 0.15) is 5.71 Å². The molecule has 0 aromatic carbocycles. The molecular formula is C14H14N4O3. The minimum Gasteiger partial charge on any atom is -0.427 e. The zero-order chi connectivity index (χ0) is 15.4. The first-order chi connectivity index (χ1) is 9.97. The summed E-state index contributed by atoms with van der Waals surface area (Å²) in [5.74, 6) is -0.513. The number of hydrogen-bond acceptors (Lipinski definition) is 5. The lowest BCUT2D eigenvalue weighted by atomic mass is 10.0. The summed E-state index contributed by atoms with van der Waals surface area (Å²) in [6, 6.07) is 4.90. The molecule has 1 amide bonds. The van der Waals surface area contributed by atoms with Gasteiger partial charge in [-0.25, -0.2) is 0 Å². The molecule has 108 valence electrons. The van der Waals surface area contributed by atoms with Gasteiger partial charge in [-0.15, -0.1) is 10.2 Å². The number of nitrogens with zero attached hydrogens (tertiary/aromatic N) is 3. The minimum absolute atomic E-state index is 0.199. The number of amides is 1. The number of rotatable bonds is 2. The van der Waals surface area contributed by atoms with Crippen LogP contribution in [0.1, 0.15) is 13.8 Å². The van der Waals surface area contributed by atoms with Crippen LogP contribution in [0.4, 0.5) is 0 Å². The van der Waals surface area contributed by atoms with E-state index in [2.05, 4.69) is 15.5 Å². The molecule has 0 bridgehead atoms. The van der Waals surface area contributed by atoms with Gasteiger partial charge >= 0.3 is 0 Å². The molecule has 0 saturated heterocycles. The van der Waals surface area contributed by atoms with Gasteiger partial charge in [0.15, 0.2) is 11.3 Å². The van der Waals surface area contributed by atoms with Crippen molar-refractivity contribution in [1.29, 1.82) is 0 Å². The van der Waals surface area contributed by atoms with Crippen LogP contribution in [0, 0.1) is 0 Å². The van der Waals surface area contributed by atoms with E-state index in [1.165, 1.54) is 25.3 Å². The lowest BCUT2D eigenvalue weighted by Crippen LogP contribution is -2.28. The lowest BCUT2D eigenvalue weighted by molar-refractivity contribution is -0.118. The molecule has 0 atom stereocenters. The normalized spacial score (nSPS) is 17.5. The Morgan fingerprint density at radius 2 is 2.05 bits per heavy atom. The number of ketones is 1. The summed E-state index contributed by atoms with van der Waals surface area (Å²) in [6.07, 6.45) is 4.24. The van der Waals surface area contributed by atoms with Crippen molar-refractivity contribution in [2.24, 2.45) is 10.2 Å². The summed E-state index contributed by atoms with van der Waals surface area (Å²) in [5, 5.41) is 20.0. The van der Waals surface area contributed by atoms with Crippen LogP contribution in [0.25, 0.3) is 0 Å². The fourth-order valence-corrected chi connectivity index (χ4v) is 1.66. The Hall–Kier alpha value is -2.96. The van der Waals surface area contributed by atoms with Gasteiger partial charge in [-0.2, -0.15) is 4.73 Å². The molecular weight excluding hydrogens is 272 g/mol. The summed E-state index contributed by atoms with van der Waals surface area (Å²) >= 11 is 0. The number of pyridine rings is 1. The Morgan fingerprint density at radius 3 is 2.71 bits per heavy atom. The number of allylic oxidation sites excluding steroid dienone is 3. The molecule has 2 rings (SSSR count). The third-order valence-corrected chi connectivity index (χ3v) is 2.68. The molecule has 2 N–H and O–H groups in total. The monoisotopic (exact) mass is 286 g/mol. The maximum Gasteiger partial charge on any atom is 0.221 e. The summed E-state index contributed by atoms with van der Waals surface area (Å²) in [7, 11) is 0. The number of nitrogens with one attached hydrogen (secondary N) is 1. The van der Waals surface area contributed by atoms with E-state index in [9.17, 15) is 14.8 Å². The standard InChI is InChI=1S/C14H14N4O3/c1-9-7-12(11(8-13(9)20)15-10(2)19)16-17-14-5-3-4-6-18(14)21/h3-8,21H,1-2H3,(H,15,19)/b16-12?,17-14+. The van der Waals surface area contributed by atoms with Gasteiger partial charge in [0.25, 0.3) is 0 Å². The third kappa shape index (κ3) is 3.53. The Labute approximate surface area is 120 Å². The number of carbonyl (C=O) groups is 2. The van der Waals surface area contributed by atoms with E-state index >= 15 is 0 Å². The molecule has 0 aliphatic heterocycles. The van der Waals surface area contributed by atoms with Crippen LogP contribution in [0.5, 0.6) is 0 Å². The van der Waals surface area contributed by atoms with Crippen molar-refractivity contribution in [3.8, 4) is 0 Å². The van der Waals surface area contributed by atoms with Crippen molar-refractivity contribution in [3.63, 3.8) is 0 Å². The molecule has 21 heavy (non-hydrogen) atoms. The summed E-state index contributed by atoms with van der Waals surface area (Å²) in [4.78, 5) is 22.8. The first kappa shape index (κ1) is 14.4. The molecule has 0 fully saturated rings. The maximum atomic E-state index is 11.6. The van der Waals surface area contributed by atoms with Crippen LogP contribution >= 0.6 is 0 Å². The summed E-state index contributed by atoms with van der Waals surface area (Å²) in [5.41, 5.74) is 1.33. The second-order valence-corrected chi connectivity index (χ2v) is 4.42. The Kier molecular flexibility index (Phi) is 4.13. The van der Waals surface area contributed by atoms with Crippen LogP contribution in [-0.2, 0) is 9.59 Å². The van der Waals surface area contributed by atoms with Gasteiger partial charge < -0.3 is 10.5 Å². The summed E-state index contributed by atoms with van der Waals surface area (Å²) < 4.78 is 0.816. The molecule has 7 heteroatoms. The molecule has 7 nitrogen and oxygen atoms in total. The average Bonchev–Trinajstić information content (AvgIpc) is 2.42. The minimum atomic E-state index is -0.313. The predicted octanol–water partition coefficient (Wildman–Crippen LogP) is 0.531. The molecule has 0 unspecified atom stereocenters. The van der Waals surface area contributed by atoms with E-state index in [0.29, 0.717) is 11.3 Å². The van der Waals surface area contributed by atoms with Gasteiger partial charge in [0.2, 0.25) is 5.91 Å². The van der Waals surface area contributed by atoms with E-state index in [4.69, 9.17) is 0 Å². The van der Waals surface area contributed by atoms with Gasteiger partial charge in [-0.05, 0) is 30.7 Å². The molecule has 1 aromatic rings. The number of hydrogen-bond donors (Lipinski definition) is 2. The van der Waals surface area contributed by atoms with E-state index in [-0.39, 0.29) is 22.9 Å². The molecule has 0 spiro atoms. The van der Waals surface area contributed by atoms with E-state index in [1.807, 2.05) is 0 Å². The fourth-order valence-electron chi connectivity index (χ4n) is 1.66. The molecule has 1 aliphatic carbocycles. The molecule has 1 aliphatic rings. The predicted molar refractivity (Wildman–Crippen MR) is 75.3 cm³/mol. The highest BCUT2D eigenvalue weighted by molar-refractivity contribution is 6.22. The van der Waals surface area contributed by atoms with Crippen molar-refractivity contribution in [1.82, 2.24) is 10.0 Å². The number of aromatic nitrogens is 1. The topological polar surface area (TPSA) is 96.0 Å². The highest BCUT2D eigenvalue weighted by Crippen LogP contribution is 2.10. The molecule has 0 radical (unpaired) electrons. The van der Waals surface area contributed by atoms with Gasteiger partial charge in [-0.1, -0.05) is 6.07 Å². The van der Waals surface area contributed by atoms with Crippen LogP contribution in [0.2, 0.25) is 0 Å². The first-order valence-electron chi connectivity index (χ1n) is 6.18. The summed E-state index contributed by atoms with van der Waals surface area (Å²) in [6.45, 7) is 2.98.